The molecular weight excluding hydrogens is 117 g/mol. The van der Waals surface area contributed by atoms with Gasteiger partial charge in [-0.15, -0.1) is 0 Å². The summed E-state index contributed by atoms with van der Waals surface area (Å²) < 4.78 is 0. The van der Waals surface area contributed by atoms with Crippen LogP contribution < -0.4 is 10.3 Å². The number of nitrogens with two attached hydrogens (primary N) is 2. The van der Waals surface area contributed by atoms with Gasteiger partial charge in [-0.3, -0.25) is 24.4 Å². The fourth-order valence-corrected chi connectivity index (χ4v) is 0. The molecule has 0 heterocycles. The summed E-state index contributed by atoms with van der Waals surface area (Å²) in [5.41, 5.74) is 0. The maximum absolute atomic E-state index is 4.54. The summed E-state index contributed by atoms with van der Waals surface area (Å²) in [5.74, 6) is 0. The average Bonchev–Trinajstić information content (AvgIpc) is 0.918. The molecule has 0 atom stereocenters. The molecule has 0 aromatic heterocycles. The molecule has 2 nitrogen and oxygen atoms in total. The third kappa shape index (κ3) is 10600. The van der Waals surface area contributed by atoms with E-state index in [1.807, 2.05) is 0 Å². The molecule has 6 heteroatoms. The molecule has 4 N–H and O–H groups in total. The maximum Gasteiger partial charge on any atom is -0.00297 e. The SMILES string of the molecule is F.F.F.NSN. The van der Waals surface area contributed by atoms with Gasteiger partial charge in [0.05, 0.1) is 0 Å². The van der Waals surface area contributed by atoms with E-state index in [2.05, 4.69) is 10.3 Å². The van der Waals surface area contributed by atoms with Gasteiger partial charge in [0.1, 0.15) is 0 Å². The van der Waals surface area contributed by atoms with Crippen molar-refractivity contribution >= 4 is 12.1 Å². The second kappa shape index (κ2) is 74.2. The molecule has 0 aromatic rings. The Morgan fingerprint density at radius 3 is 0.833 bits per heavy atom. The van der Waals surface area contributed by atoms with Crippen LogP contribution in [0.15, 0.2) is 0 Å². The summed E-state index contributed by atoms with van der Waals surface area (Å²) in [6, 6.07) is 0. The fourth-order valence-electron chi connectivity index (χ4n) is 0. The number of halogens is 3. The lowest BCUT2D eigenvalue weighted by Gasteiger charge is -1.55. The Kier molecular flexibility index (Phi) is 452. The molecule has 0 aromatic carbocycles. The van der Waals surface area contributed by atoms with E-state index in [0.29, 0.717) is 0 Å². The van der Waals surface area contributed by atoms with E-state index >= 15 is 0 Å². The third-order valence-corrected chi connectivity index (χ3v) is 0. The van der Waals surface area contributed by atoms with Gasteiger partial charge in [-0.05, 0) is 12.1 Å². The van der Waals surface area contributed by atoms with E-state index in [1.165, 1.54) is 0 Å². The molecule has 0 amide bonds. The average molecular weight is 124 g/mol. The molecular formula is H7F3N2S. The topological polar surface area (TPSA) is 52.0 Å². The Bertz CT molecular complexity index is 8.75. The Morgan fingerprint density at radius 2 is 0.833 bits per heavy atom. The minimum atomic E-state index is 0. The molecule has 0 radical (unpaired) electrons. The van der Waals surface area contributed by atoms with Crippen LogP contribution in [0.5, 0.6) is 0 Å². The zero-order valence-electron chi connectivity index (χ0n) is 2.79. The van der Waals surface area contributed by atoms with Crippen LogP contribution >= 0.6 is 12.1 Å². The molecule has 0 spiro atoms. The van der Waals surface area contributed by atoms with Crippen LogP contribution in [-0.4, -0.2) is 0 Å². The highest BCUT2D eigenvalue weighted by Crippen LogP contribution is 1.46. The summed E-state index contributed by atoms with van der Waals surface area (Å²) in [5, 5.41) is 9.08. The first-order chi connectivity index (χ1) is 1.41. The van der Waals surface area contributed by atoms with Crippen LogP contribution in [-0.2, 0) is 0 Å². The smallest absolute Gasteiger partial charge is 0.00297 e. The van der Waals surface area contributed by atoms with Crippen LogP contribution in [0.3, 0.4) is 0 Å². The van der Waals surface area contributed by atoms with Crippen molar-refractivity contribution in [3.8, 4) is 0 Å². The highest BCUT2D eigenvalue weighted by Gasteiger charge is 1.29. The zero-order chi connectivity index (χ0) is 2.71. The van der Waals surface area contributed by atoms with Gasteiger partial charge in [0.15, 0.2) is 0 Å². The fraction of sp³-hybridized carbons (Fsp3) is 0. The standard InChI is InChI=1S/3FH.H4N2S/c;;;1-3-2/h3*1H;1-2H2. The Morgan fingerprint density at radius 1 is 0.833 bits per heavy atom. The normalized spacial score (nSPS) is 3.00. The van der Waals surface area contributed by atoms with Crippen molar-refractivity contribution in [2.45, 2.75) is 0 Å². The van der Waals surface area contributed by atoms with Crippen LogP contribution in [0.2, 0.25) is 0 Å². The van der Waals surface area contributed by atoms with Crippen molar-refractivity contribution in [1.29, 1.82) is 0 Å². The number of hydrogen-bond acceptors (Lipinski definition) is 3. The van der Waals surface area contributed by atoms with Crippen molar-refractivity contribution < 1.29 is 14.1 Å². The zero-order valence-corrected chi connectivity index (χ0v) is 3.60. The summed E-state index contributed by atoms with van der Waals surface area (Å²) in [6.07, 6.45) is 0. The molecule has 0 rings (SSSR count). The quantitative estimate of drug-likeness (QED) is 0.444. The van der Waals surface area contributed by atoms with Crippen molar-refractivity contribution in [2.75, 3.05) is 0 Å². The van der Waals surface area contributed by atoms with Crippen LogP contribution in [0.1, 0.15) is 0 Å². The summed E-state index contributed by atoms with van der Waals surface area (Å²) in [6.45, 7) is 0. The summed E-state index contributed by atoms with van der Waals surface area (Å²) >= 11 is 0.750. The van der Waals surface area contributed by atoms with Crippen LogP contribution in [0.25, 0.3) is 0 Å². The second-order valence-electron chi connectivity index (χ2n) is 0.136. The van der Waals surface area contributed by atoms with Gasteiger partial charge < -0.3 is 0 Å². The van der Waals surface area contributed by atoms with Gasteiger partial charge in [-0.25, -0.2) is 0 Å². The first-order valence-corrected chi connectivity index (χ1v) is 1.41. The second-order valence-corrected chi connectivity index (χ2v) is 0.408. The summed E-state index contributed by atoms with van der Waals surface area (Å²) in [7, 11) is 0. The molecule has 0 saturated carbocycles. The molecule has 0 aliphatic rings. The van der Waals surface area contributed by atoms with E-state index in [-0.39, 0.29) is 14.1 Å². The first-order valence-electron chi connectivity index (χ1n) is 0.471. The van der Waals surface area contributed by atoms with E-state index in [1.54, 1.807) is 0 Å². The Labute approximate surface area is 37.6 Å². The van der Waals surface area contributed by atoms with Gasteiger partial charge in [0.25, 0.3) is 0 Å². The van der Waals surface area contributed by atoms with Gasteiger partial charge in [-0.2, -0.15) is 0 Å². The van der Waals surface area contributed by atoms with Crippen LogP contribution in [0, 0.1) is 0 Å². The summed E-state index contributed by atoms with van der Waals surface area (Å²) in [4.78, 5) is 0. The number of rotatable bonds is 0. The number of hydrogen-bond donors (Lipinski definition) is 2. The predicted octanol–water partition coefficient (Wildman–Crippen LogP) is -0.0755. The van der Waals surface area contributed by atoms with Gasteiger partial charge in [0.2, 0.25) is 0 Å². The van der Waals surface area contributed by atoms with Crippen molar-refractivity contribution in [3.05, 3.63) is 0 Å². The Hall–Kier alpha value is 0.0600. The van der Waals surface area contributed by atoms with Gasteiger partial charge in [-0.1, -0.05) is 0 Å². The lowest BCUT2D eigenvalue weighted by atomic mass is 13.9. The van der Waals surface area contributed by atoms with E-state index in [9.17, 15) is 0 Å². The maximum atomic E-state index is 4.54. The molecule has 0 aliphatic heterocycles. The largest absolute Gasteiger partial charge is 0.269 e. The molecule has 0 bridgehead atoms. The molecule has 0 unspecified atom stereocenters. The van der Waals surface area contributed by atoms with Crippen LogP contribution in [0.4, 0.5) is 14.1 Å². The molecule has 0 saturated heterocycles. The monoisotopic (exact) mass is 124 g/mol. The molecule has 44 valence electrons. The van der Waals surface area contributed by atoms with Crippen molar-refractivity contribution in [3.63, 3.8) is 0 Å². The lowest BCUT2D eigenvalue weighted by Crippen LogP contribution is -1.83. The third-order valence-electron chi connectivity index (χ3n) is 0. The van der Waals surface area contributed by atoms with Gasteiger partial charge >= 0.3 is 0 Å². The minimum absolute atomic E-state index is 0. The lowest BCUT2D eigenvalue weighted by molar-refractivity contribution is 1.11. The van der Waals surface area contributed by atoms with E-state index in [4.69, 9.17) is 0 Å². The van der Waals surface area contributed by atoms with E-state index in [0.717, 1.165) is 12.1 Å². The highest BCUT2D eigenvalue weighted by molar-refractivity contribution is 7.94. The van der Waals surface area contributed by atoms with Crippen molar-refractivity contribution in [1.82, 2.24) is 0 Å². The molecule has 0 fully saturated rings. The Balaban J connectivity index is -0.00000000667. The minimum Gasteiger partial charge on any atom is -0.269 e. The molecule has 0 aliphatic carbocycles. The van der Waals surface area contributed by atoms with E-state index < -0.39 is 0 Å². The molecule has 6 heavy (non-hydrogen) atoms. The first kappa shape index (κ1) is 36.6. The highest BCUT2D eigenvalue weighted by atomic mass is 32.2. The van der Waals surface area contributed by atoms with Crippen molar-refractivity contribution in [2.24, 2.45) is 10.3 Å². The van der Waals surface area contributed by atoms with Gasteiger partial charge in [0, 0.05) is 0 Å². The predicted molar refractivity (Wildman–Crippen MR) is 23.5 cm³/mol.